The Morgan fingerprint density at radius 3 is 2.83 bits per heavy atom. The van der Waals surface area contributed by atoms with Gasteiger partial charge in [0.25, 0.3) is 0 Å². The van der Waals surface area contributed by atoms with Gasteiger partial charge < -0.3 is 10.0 Å². The largest absolute Gasteiger partial charge is 0.480 e. The van der Waals surface area contributed by atoms with Crippen molar-refractivity contribution in [1.82, 2.24) is 4.98 Å². The third-order valence-corrected chi connectivity index (χ3v) is 5.52. The molecule has 5 heteroatoms. The van der Waals surface area contributed by atoms with Gasteiger partial charge in [0, 0.05) is 11.4 Å². The first-order chi connectivity index (χ1) is 8.58. The molecule has 2 fully saturated rings. The number of carboxylic acid groups (broad SMARTS) is 1. The molecule has 1 N–H and O–H groups in total. The van der Waals surface area contributed by atoms with Gasteiger partial charge in [0.1, 0.15) is 6.04 Å². The van der Waals surface area contributed by atoms with Gasteiger partial charge in [-0.25, -0.2) is 9.78 Å². The number of hydrogen-bond acceptors (Lipinski definition) is 4. The Hall–Kier alpha value is -1.10. The van der Waals surface area contributed by atoms with Crippen molar-refractivity contribution in [2.75, 3.05) is 11.4 Å². The normalized spacial score (nSPS) is 30.8. The molecule has 0 spiro atoms. The summed E-state index contributed by atoms with van der Waals surface area (Å²) in [6.07, 6.45) is 3.42. The maximum absolute atomic E-state index is 11.6. The second-order valence-corrected chi connectivity index (χ2v) is 6.61. The van der Waals surface area contributed by atoms with Gasteiger partial charge in [0.15, 0.2) is 5.13 Å². The quantitative estimate of drug-likeness (QED) is 0.893. The minimum absolute atomic E-state index is 0.326. The van der Waals surface area contributed by atoms with Crippen molar-refractivity contribution in [3.8, 4) is 0 Å². The van der Waals surface area contributed by atoms with Crippen LogP contribution in [0.25, 0.3) is 0 Å². The molecule has 0 radical (unpaired) electrons. The SMILES string of the molecule is Cc1nc(N2CC3CCCC3C2C(=O)O)sc1C. The molecule has 2 aliphatic rings. The number of carboxylic acids is 1. The summed E-state index contributed by atoms with van der Waals surface area (Å²) in [5.74, 6) is 0.192. The van der Waals surface area contributed by atoms with E-state index in [2.05, 4.69) is 4.98 Å². The molecule has 3 atom stereocenters. The van der Waals surface area contributed by atoms with Crippen molar-refractivity contribution in [1.29, 1.82) is 0 Å². The number of aromatic nitrogens is 1. The van der Waals surface area contributed by atoms with Crippen LogP contribution in [0.15, 0.2) is 0 Å². The number of fused-ring (bicyclic) bond motifs is 1. The van der Waals surface area contributed by atoms with Gasteiger partial charge in [-0.05, 0) is 38.5 Å². The number of rotatable bonds is 2. The van der Waals surface area contributed by atoms with Gasteiger partial charge >= 0.3 is 5.97 Å². The molecule has 3 rings (SSSR count). The molecule has 0 amide bonds. The predicted molar refractivity (Wildman–Crippen MR) is 71.2 cm³/mol. The van der Waals surface area contributed by atoms with Crippen molar-refractivity contribution in [3.05, 3.63) is 10.6 Å². The first-order valence-electron chi connectivity index (χ1n) is 6.51. The molecule has 0 bridgehead atoms. The summed E-state index contributed by atoms with van der Waals surface area (Å²) < 4.78 is 0. The smallest absolute Gasteiger partial charge is 0.326 e. The van der Waals surface area contributed by atoms with Crippen LogP contribution in [0.4, 0.5) is 5.13 Å². The van der Waals surface area contributed by atoms with Gasteiger partial charge in [-0.1, -0.05) is 6.42 Å². The molecule has 0 aromatic carbocycles. The van der Waals surface area contributed by atoms with E-state index in [1.54, 1.807) is 11.3 Å². The molecule has 3 unspecified atom stereocenters. The highest BCUT2D eigenvalue weighted by atomic mass is 32.1. The van der Waals surface area contributed by atoms with E-state index in [0.29, 0.717) is 11.8 Å². The standard InChI is InChI=1S/C13H18N2O2S/c1-7-8(2)18-13(14-7)15-6-9-4-3-5-10(9)11(15)12(16)17/h9-11H,3-6H2,1-2H3,(H,16,17). The van der Waals surface area contributed by atoms with Crippen LogP contribution in [0, 0.1) is 25.7 Å². The second kappa shape index (κ2) is 4.23. The highest BCUT2D eigenvalue weighted by molar-refractivity contribution is 7.15. The van der Waals surface area contributed by atoms with E-state index >= 15 is 0 Å². The van der Waals surface area contributed by atoms with Crippen molar-refractivity contribution >= 4 is 22.4 Å². The Kier molecular flexibility index (Phi) is 2.81. The van der Waals surface area contributed by atoms with Crippen molar-refractivity contribution in [2.24, 2.45) is 11.8 Å². The topological polar surface area (TPSA) is 53.4 Å². The molecule has 2 heterocycles. The summed E-state index contributed by atoms with van der Waals surface area (Å²) in [4.78, 5) is 19.3. The monoisotopic (exact) mass is 266 g/mol. The summed E-state index contributed by atoms with van der Waals surface area (Å²) in [5, 5.41) is 10.4. The maximum atomic E-state index is 11.6. The lowest BCUT2D eigenvalue weighted by Gasteiger charge is -2.23. The van der Waals surface area contributed by atoms with Gasteiger partial charge in [0.2, 0.25) is 0 Å². The number of aryl methyl sites for hydroxylation is 2. The predicted octanol–water partition coefficient (Wildman–Crippen LogP) is 2.45. The number of hydrogen-bond donors (Lipinski definition) is 1. The van der Waals surface area contributed by atoms with E-state index in [1.807, 2.05) is 18.7 Å². The van der Waals surface area contributed by atoms with E-state index in [0.717, 1.165) is 23.8 Å². The van der Waals surface area contributed by atoms with E-state index < -0.39 is 5.97 Å². The fraction of sp³-hybridized carbons (Fsp3) is 0.692. The molecule has 1 aliphatic heterocycles. The molecular weight excluding hydrogens is 248 g/mol. The number of aliphatic carboxylic acids is 1. The first kappa shape index (κ1) is 12.0. The molecular formula is C13H18N2O2S. The van der Waals surface area contributed by atoms with Gasteiger partial charge in [-0.2, -0.15) is 0 Å². The first-order valence-corrected chi connectivity index (χ1v) is 7.33. The molecule has 18 heavy (non-hydrogen) atoms. The molecule has 1 saturated heterocycles. The minimum atomic E-state index is -0.685. The molecule has 1 aromatic rings. The van der Waals surface area contributed by atoms with Crippen molar-refractivity contribution < 1.29 is 9.90 Å². The van der Waals surface area contributed by atoms with Crippen LogP contribution < -0.4 is 4.90 Å². The Bertz CT molecular complexity index is 466. The van der Waals surface area contributed by atoms with Crippen molar-refractivity contribution in [2.45, 2.75) is 39.2 Å². The molecule has 98 valence electrons. The fourth-order valence-corrected chi connectivity index (χ4v) is 4.35. The fourth-order valence-electron chi connectivity index (χ4n) is 3.40. The summed E-state index contributed by atoms with van der Waals surface area (Å²) in [5.41, 5.74) is 1.02. The van der Waals surface area contributed by atoms with Crippen LogP contribution in [0.3, 0.4) is 0 Å². The van der Waals surface area contributed by atoms with Gasteiger partial charge in [-0.15, -0.1) is 11.3 Å². The van der Waals surface area contributed by atoms with Gasteiger partial charge in [0.05, 0.1) is 5.69 Å². The van der Waals surface area contributed by atoms with Crippen molar-refractivity contribution in [3.63, 3.8) is 0 Å². The summed E-state index contributed by atoms with van der Waals surface area (Å²) in [6, 6.07) is -0.359. The second-order valence-electron chi connectivity index (χ2n) is 5.43. The number of anilines is 1. The Morgan fingerprint density at radius 1 is 1.44 bits per heavy atom. The van der Waals surface area contributed by atoms with Crippen LogP contribution >= 0.6 is 11.3 Å². The van der Waals surface area contributed by atoms with Crippen LogP contribution in [0.1, 0.15) is 29.8 Å². The zero-order chi connectivity index (χ0) is 12.9. The van der Waals surface area contributed by atoms with E-state index in [1.165, 1.54) is 17.7 Å². The Balaban J connectivity index is 1.93. The minimum Gasteiger partial charge on any atom is -0.480 e. The average Bonchev–Trinajstić information content (AvgIpc) is 2.92. The average molecular weight is 266 g/mol. The highest BCUT2D eigenvalue weighted by Crippen LogP contribution is 2.44. The van der Waals surface area contributed by atoms with E-state index in [9.17, 15) is 9.90 Å². The molecule has 4 nitrogen and oxygen atoms in total. The number of nitrogens with zero attached hydrogens (tertiary/aromatic N) is 2. The van der Waals surface area contributed by atoms with Crippen LogP contribution in [0.5, 0.6) is 0 Å². The van der Waals surface area contributed by atoms with Crippen LogP contribution in [-0.4, -0.2) is 28.6 Å². The lowest BCUT2D eigenvalue weighted by molar-refractivity contribution is -0.139. The summed E-state index contributed by atoms with van der Waals surface area (Å²) in [7, 11) is 0. The van der Waals surface area contributed by atoms with Crippen LogP contribution in [0.2, 0.25) is 0 Å². The number of thiazole rings is 1. The summed E-state index contributed by atoms with van der Waals surface area (Å²) in [6.45, 7) is 4.90. The van der Waals surface area contributed by atoms with E-state index in [-0.39, 0.29) is 6.04 Å². The van der Waals surface area contributed by atoms with Gasteiger partial charge in [-0.3, -0.25) is 0 Å². The third kappa shape index (κ3) is 1.72. The number of carbonyl (C=O) groups is 1. The molecule has 1 saturated carbocycles. The molecule has 1 aromatic heterocycles. The van der Waals surface area contributed by atoms with E-state index in [4.69, 9.17) is 0 Å². The maximum Gasteiger partial charge on any atom is 0.326 e. The molecule has 1 aliphatic carbocycles. The lowest BCUT2D eigenvalue weighted by atomic mass is 9.94. The zero-order valence-corrected chi connectivity index (χ0v) is 11.5. The highest BCUT2D eigenvalue weighted by Gasteiger charge is 2.48. The van der Waals surface area contributed by atoms with Crippen LogP contribution in [-0.2, 0) is 4.79 Å². The zero-order valence-electron chi connectivity index (χ0n) is 10.7. The Morgan fingerprint density at radius 2 is 2.22 bits per heavy atom. The lowest BCUT2D eigenvalue weighted by Crippen LogP contribution is -2.39. The third-order valence-electron chi connectivity index (χ3n) is 4.41. The Labute approximate surface area is 111 Å². The summed E-state index contributed by atoms with van der Waals surface area (Å²) >= 11 is 1.62.